The Balaban J connectivity index is 1.20. The lowest BCUT2D eigenvalue weighted by Crippen LogP contribution is -2.32. The molecule has 202 valence electrons. The van der Waals surface area contributed by atoms with Gasteiger partial charge in [0.15, 0.2) is 5.69 Å². The molecule has 2 N–H and O–H groups in total. The Kier molecular flexibility index (Phi) is 7.49. The minimum absolute atomic E-state index is 0.0801. The standard InChI is InChI=1S/C28H27F3N6O2/c29-28(30,31)21-11-9-19(10-12-21)7-4-8-25(38)36-16-23-24(17-36)34-35-26(23)27(39)37(15-22-13-32-18-33-22)14-20-5-2-1-3-6-20/h1-3,5-6,9-13,18H,4,7-8,14-17H2,(H,32,33)(H,34,35). The third-order valence-corrected chi connectivity index (χ3v) is 6.76. The number of aromatic amines is 2. The zero-order valence-corrected chi connectivity index (χ0v) is 21.0. The molecule has 0 aliphatic carbocycles. The largest absolute Gasteiger partial charge is 0.416 e. The van der Waals surface area contributed by atoms with Crippen molar-refractivity contribution in [3.05, 3.63) is 106 Å². The number of nitrogens with zero attached hydrogens (tertiary/aromatic N) is 4. The molecule has 0 atom stereocenters. The number of hydrogen-bond donors (Lipinski definition) is 2. The van der Waals surface area contributed by atoms with Crippen molar-refractivity contribution in [2.24, 2.45) is 0 Å². The quantitative estimate of drug-likeness (QED) is 0.319. The van der Waals surface area contributed by atoms with Crippen LogP contribution in [-0.2, 0) is 43.6 Å². The van der Waals surface area contributed by atoms with Crippen molar-refractivity contribution in [1.82, 2.24) is 30.0 Å². The number of H-pyrrole nitrogens is 2. The Labute approximate surface area is 222 Å². The molecule has 39 heavy (non-hydrogen) atoms. The van der Waals surface area contributed by atoms with Crippen molar-refractivity contribution in [3.8, 4) is 0 Å². The van der Waals surface area contributed by atoms with E-state index >= 15 is 0 Å². The van der Waals surface area contributed by atoms with Crippen molar-refractivity contribution in [1.29, 1.82) is 0 Å². The lowest BCUT2D eigenvalue weighted by atomic mass is 10.1. The van der Waals surface area contributed by atoms with Gasteiger partial charge < -0.3 is 14.8 Å². The topological polar surface area (TPSA) is 98.0 Å². The first-order valence-electron chi connectivity index (χ1n) is 12.6. The van der Waals surface area contributed by atoms with Crippen molar-refractivity contribution < 1.29 is 22.8 Å². The van der Waals surface area contributed by atoms with Gasteiger partial charge in [-0.05, 0) is 36.1 Å². The Morgan fingerprint density at radius 3 is 2.44 bits per heavy atom. The van der Waals surface area contributed by atoms with Crippen LogP contribution in [0.15, 0.2) is 67.1 Å². The monoisotopic (exact) mass is 536 g/mol. The Hall–Kier alpha value is -4.41. The maximum absolute atomic E-state index is 13.6. The van der Waals surface area contributed by atoms with Crippen molar-refractivity contribution in [2.75, 3.05) is 0 Å². The summed E-state index contributed by atoms with van der Waals surface area (Å²) < 4.78 is 38.3. The highest BCUT2D eigenvalue weighted by molar-refractivity contribution is 5.94. The highest BCUT2D eigenvalue weighted by Gasteiger charge is 2.32. The summed E-state index contributed by atoms with van der Waals surface area (Å²) in [6.07, 6.45) is 0.123. The van der Waals surface area contributed by atoms with Gasteiger partial charge in [0.2, 0.25) is 5.91 Å². The molecule has 0 spiro atoms. The number of rotatable bonds is 9. The maximum Gasteiger partial charge on any atom is 0.416 e. The number of benzene rings is 2. The molecule has 3 heterocycles. The molecule has 0 unspecified atom stereocenters. The van der Waals surface area contributed by atoms with Gasteiger partial charge in [0.25, 0.3) is 5.91 Å². The Morgan fingerprint density at radius 1 is 0.974 bits per heavy atom. The second-order valence-electron chi connectivity index (χ2n) is 9.55. The Morgan fingerprint density at radius 2 is 1.74 bits per heavy atom. The fraction of sp³-hybridized carbons (Fsp3) is 0.286. The number of aryl methyl sites for hydroxylation is 1. The van der Waals surface area contributed by atoms with Crippen LogP contribution in [0.2, 0.25) is 0 Å². The summed E-state index contributed by atoms with van der Waals surface area (Å²) in [6, 6.07) is 14.7. The van der Waals surface area contributed by atoms with E-state index < -0.39 is 11.7 Å². The van der Waals surface area contributed by atoms with Gasteiger partial charge in [-0.15, -0.1) is 0 Å². The second-order valence-corrected chi connectivity index (χ2v) is 9.55. The van der Waals surface area contributed by atoms with E-state index in [1.807, 2.05) is 30.3 Å². The first kappa shape index (κ1) is 26.2. The number of carbonyl (C=O) groups excluding carboxylic acids is 2. The lowest BCUT2D eigenvalue weighted by Gasteiger charge is -2.22. The van der Waals surface area contributed by atoms with Gasteiger partial charge >= 0.3 is 6.18 Å². The van der Waals surface area contributed by atoms with Crippen LogP contribution < -0.4 is 0 Å². The number of nitrogens with one attached hydrogen (secondary N) is 2. The van der Waals surface area contributed by atoms with Crippen molar-refractivity contribution in [2.45, 2.75) is 51.6 Å². The maximum atomic E-state index is 13.6. The molecular formula is C28H27F3N6O2. The SMILES string of the molecule is O=C(CCCc1ccc(C(F)(F)F)cc1)N1Cc2[nH]nc(C(=O)N(Cc3ccccc3)Cc3cnc[nH]3)c2C1. The molecule has 2 amide bonds. The summed E-state index contributed by atoms with van der Waals surface area (Å²) in [4.78, 5) is 36.9. The number of imidazole rings is 1. The van der Waals surface area contributed by atoms with E-state index in [-0.39, 0.29) is 24.8 Å². The molecule has 2 aromatic heterocycles. The highest BCUT2D eigenvalue weighted by Crippen LogP contribution is 2.30. The zero-order valence-electron chi connectivity index (χ0n) is 21.0. The minimum Gasteiger partial charge on any atom is -0.347 e. The third-order valence-electron chi connectivity index (χ3n) is 6.76. The molecular weight excluding hydrogens is 509 g/mol. The fourth-order valence-electron chi connectivity index (χ4n) is 4.69. The van der Waals surface area contributed by atoms with E-state index in [1.165, 1.54) is 12.1 Å². The van der Waals surface area contributed by atoms with E-state index in [0.717, 1.165) is 34.6 Å². The van der Waals surface area contributed by atoms with Crippen LogP contribution in [-0.4, -0.2) is 41.8 Å². The average molecular weight is 537 g/mol. The fourth-order valence-corrected chi connectivity index (χ4v) is 4.69. The molecule has 5 rings (SSSR count). The number of halogens is 3. The van der Waals surface area contributed by atoms with Crippen LogP contribution in [0.3, 0.4) is 0 Å². The molecule has 8 nitrogen and oxygen atoms in total. The van der Waals surface area contributed by atoms with E-state index in [0.29, 0.717) is 43.7 Å². The van der Waals surface area contributed by atoms with Gasteiger partial charge in [0.05, 0.1) is 42.9 Å². The van der Waals surface area contributed by atoms with E-state index in [9.17, 15) is 22.8 Å². The number of hydrogen-bond acceptors (Lipinski definition) is 4. The summed E-state index contributed by atoms with van der Waals surface area (Å²) in [6.45, 7) is 1.30. The van der Waals surface area contributed by atoms with Gasteiger partial charge in [-0.25, -0.2) is 4.98 Å². The lowest BCUT2D eigenvalue weighted by molar-refractivity contribution is -0.137. The van der Waals surface area contributed by atoms with Gasteiger partial charge in [-0.1, -0.05) is 42.5 Å². The van der Waals surface area contributed by atoms with Crippen LogP contribution in [0.1, 0.15) is 57.0 Å². The first-order chi connectivity index (χ1) is 18.8. The Bertz CT molecular complexity index is 1420. The van der Waals surface area contributed by atoms with Crippen LogP contribution in [0.25, 0.3) is 0 Å². The molecule has 0 saturated carbocycles. The van der Waals surface area contributed by atoms with Crippen LogP contribution in [0.5, 0.6) is 0 Å². The predicted molar refractivity (Wildman–Crippen MR) is 136 cm³/mol. The minimum atomic E-state index is -4.37. The second kappa shape index (κ2) is 11.1. The number of alkyl halides is 3. The molecule has 0 fully saturated rings. The van der Waals surface area contributed by atoms with Crippen molar-refractivity contribution in [3.63, 3.8) is 0 Å². The number of amides is 2. The average Bonchev–Trinajstić information content (AvgIpc) is 3.66. The summed E-state index contributed by atoms with van der Waals surface area (Å²) in [7, 11) is 0. The van der Waals surface area contributed by atoms with E-state index in [4.69, 9.17) is 0 Å². The smallest absolute Gasteiger partial charge is 0.347 e. The van der Waals surface area contributed by atoms with Crippen LogP contribution in [0.4, 0.5) is 13.2 Å². The van der Waals surface area contributed by atoms with Crippen LogP contribution >= 0.6 is 0 Å². The first-order valence-corrected chi connectivity index (χ1v) is 12.6. The molecule has 0 bridgehead atoms. The van der Waals surface area contributed by atoms with Crippen LogP contribution in [0, 0.1) is 0 Å². The number of carbonyl (C=O) groups is 2. The summed E-state index contributed by atoms with van der Waals surface area (Å²) >= 11 is 0. The van der Waals surface area contributed by atoms with E-state index in [1.54, 1.807) is 22.3 Å². The number of fused-ring (bicyclic) bond motifs is 1. The molecule has 1 aliphatic heterocycles. The third kappa shape index (κ3) is 6.19. The molecule has 4 aromatic rings. The summed E-state index contributed by atoms with van der Waals surface area (Å²) in [5.41, 5.74) is 3.55. The van der Waals surface area contributed by atoms with Gasteiger partial charge in [0, 0.05) is 24.7 Å². The van der Waals surface area contributed by atoms with Gasteiger partial charge in [-0.2, -0.15) is 18.3 Å². The molecule has 0 radical (unpaired) electrons. The van der Waals surface area contributed by atoms with Crippen molar-refractivity contribution >= 4 is 11.8 Å². The molecule has 0 saturated heterocycles. The van der Waals surface area contributed by atoms with Gasteiger partial charge in [0.1, 0.15) is 0 Å². The summed E-state index contributed by atoms with van der Waals surface area (Å²) in [5.74, 6) is -0.328. The van der Waals surface area contributed by atoms with E-state index in [2.05, 4.69) is 20.2 Å². The molecule has 11 heteroatoms. The zero-order chi connectivity index (χ0) is 27.4. The van der Waals surface area contributed by atoms with Gasteiger partial charge in [-0.3, -0.25) is 14.7 Å². The summed E-state index contributed by atoms with van der Waals surface area (Å²) in [5, 5.41) is 7.21. The molecule has 2 aromatic carbocycles. The highest BCUT2D eigenvalue weighted by atomic mass is 19.4. The normalized spacial score (nSPS) is 12.9. The number of aromatic nitrogens is 4. The predicted octanol–water partition coefficient (Wildman–Crippen LogP) is 4.86. The molecule has 1 aliphatic rings.